The normalized spacial score (nSPS) is 17.2. The monoisotopic (exact) mass is 476 g/mol. The molecule has 1 heterocycles. The van der Waals surface area contributed by atoms with Crippen LogP contribution in [0.2, 0.25) is 5.02 Å². The van der Waals surface area contributed by atoms with Crippen LogP contribution in [-0.4, -0.2) is 31.7 Å². The van der Waals surface area contributed by atoms with E-state index in [2.05, 4.69) is 50.4 Å². The molecule has 1 atom stereocenters. The van der Waals surface area contributed by atoms with Crippen LogP contribution in [0.3, 0.4) is 0 Å². The molecular weight excluding hydrogens is 444 g/mol. The summed E-state index contributed by atoms with van der Waals surface area (Å²) in [6, 6.07) is 15.2. The molecule has 0 bridgehead atoms. The molecule has 1 aliphatic rings. The van der Waals surface area contributed by atoms with E-state index in [-0.39, 0.29) is 29.0 Å². The Kier molecular flexibility index (Phi) is 7.69. The number of rotatable bonds is 6. The van der Waals surface area contributed by atoms with Crippen molar-refractivity contribution in [2.24, 2.45) is 5.92 Å². The second-order valence-electron chi connectivity index (χ2n) is 9.66. The van der Waals surface area contributed by atoms with Crippen LogP contribution in [0.25, 0.3) is 0 Å². The first kappa shape index (κ1) is 24.7. The van der Waals surface area contributed by atoms with Gasteiger partial charge in [-0.1, -0.05) is 68.8 Å². The number of carbonyl (C=O) groups is 1. The average molecular weight is 477 g/mol. The molecule has 3 rings (SSSR count). The number of benzene rings is 2. The fourth-order valence-electron chi connectivity index (χ4n) is 4.01. The zero-order chi connectivity index (χ0) is 23.5. The summed E-state index contributed by atoms with van der Waals surface area (Å²) in [5.74, 6) is -0.264. The summed E-state index contributed by atoms with van der Waals surface area (Å²) in [5, 5.41) is 3.63. The van der Waals surface area contributed by atoms with Crippen LogP contribution in [0.5, 0.6) is 0 Å². The van der Waals surface area contributed by atoms with Gasteiger partial charge in [0.2, 0.25) is 15.9 Å². The number of carbonyl (C=O) groups excluding carboxylic acids is 1. The third-order valence-corrected chi connectivity index (χ3v) is 8.18. The summed E-state index contributed by atoms with van der Waals surface area (Å²) >= 11 is 5.97. The zero-order valence-electron chi connectivity index (χ0n) is 19.3. The predicted molar refractivity (Wildman–Crippen MR) is 130 cm³/mol. The van der Waals surface area contributed by atoms with Gasteiger partial charge in [-0.3, -0.25) is 4.79 Å². The molecule has 0 aromatic heterocycles. The van der Waals surface area contributed by atoms with Crippen molar-refractivity contribution < 1.29 is 13.2 Å². The van der Waals surface area contributed by atoms with Crippen molar-refractivity contribution in [1.29, 1.82) is 0 Å². The summed E-state index contributed by atoms with van der Waals surface area (Å²) in [5.41, 5.74) is 3.08. The maximum absolute atomic E-state index is 12.8. The van der Waals surface area contributed by atoms with Gasteiger partial charge in [0.15, 0.2) is 0 Å². The van der Waals surface area contributed by atoms with E-state index in [9.17, 15) is 13.2 Å². The summed E-state index contributed by atoms with van der Waals surface area (Å²) in [4.78, 5) is 12.8. The number of hydrogen-bond donors (Lipinski definition) is 1. The fraction of sp³-hybridized carbons (Fsp3) is 0.480. The van der Waals surface area contributed by atoms with Crippen molar-refractivity contribution in [2.45, 2.75) is 57.7 Å². The second-order valence-corrected chi connectivity index (χ2v) is 12.1. The van der Waals surface area contributed by atoms with Crippen molar-refractivity contribution in [3.8, 4) is 0 Å². The highest BCUT2D eigenvalue weighted by Gasteiger charge is 2.31. The fourth-order valence-corrected chi connectivity index (χ4v) is 5.77. The molecule has 1 fully saturated rings. The SMILES string of the molecule is C[C@H](NC(=O)C1CCN(S(=O)(=O)Cc2cccc(Cl)c2)CC1)c1ccc(C(C)(C)C)cc1. The van der Waals surface area contributed by atoms with Crippen molar-refractivity contribution in [3.05, 3.63) is 70.2 Å². The van der Waals surface area contributed by atoms with Crippen LogP contribution >= 0.6 is 11.6 Å². The lowest BCUT2D eigenvalue weighted by Crippen LogP contribution is -2.43. The average Bonchev–Trinajstić information content (AvgIpc) is 2.73. The predicted octanol–water partition coefficient (Wildman–Crippen LogP) is 5.06. The Balaban J connectivity index is 1.53. The van der Waals surface area contributed by atoms with Gasteiger partial charge >= 0.3 is 0 Å². The van der Waals surface area contributed by atoms with E-state index in [4.69, 9.17) is 11.6 Å². The Morgan fingerprint density at radius 3 is 2.31 bits per heavy atom. The van der Waals surface area contributed by atoms with Crippen LogP contribution in [0.1, 0.15) is 63.3 Å². The minimum Gasteiger partial charge on any atom is -0.349 e. The molecule has 1 aliphatic heterocycles. The van der Waals surface area contributed by atoms with E-state index in [0.717, 1.165) is 5.56 Å². The quantitative estimate of drug-likeness (QED) is 0.633. The molecule has 5 nitrogen and oxygen atoms in total. The van der Waals surface area contributed by atoms with E-state index in [1.165, 1.54) is 9.87 Å². The van der Waals surface area contributed by atoms with Crippen LogP contribution in [0.4, 0.5) is 0 Å². The number of nitrogens with one attached hydrogen (secondary N) is 1. The molecule has 0 saturated carbocycles. The minimum absolute atomic E-state index is 0.00992. The smallest absolute Gasteiger partial charge is 0.223 e. The maximum Gasteiger partial charge on any atom is 0.223 e. The summed E-state index contributed by atoms with van der Waals surface area (Å²) in [6.07, 6.45) is 1.05. The maximum atomic E-state index is 12.8. The standard InChI is InChI=1S/C25H33ClN2O3S/c1-18(20-8-10-22(11-9-20)25(2,3)4)27-24(29)21-12-14-28(15-13-21)32(30,31)17-19-6-5-7-23(26)16-19/h5-11,16,18,21H,12-15,17H2,1-4H3,(H,27,29)/t18-/m0/s1. The van der Waals surface area contributed by atoms with Crippen LogP contribution in [0.15, 0.2) is 48.5 Å². The minimum atomic E-state index is -3.44. The number of nitrogens with zero attached hydrogens (tertiary/aromatic N) is 1. The molecule has 7 heteroatoms. The molecule has 2 aromatic rings. The first-order chi connectivity index (χ1) is 15.0. The lowest BCUT2D eigenvalue weighted by molar-refractivity contribution is -0.126. The van der Waals surface area contributed by atoms with E-state index in [1.807, 2.05) is 6.92 Å². The third kappa shape index (κ3) is 6.33. The molecule has 0 unspecified atom stereocenters. The summed E-state index contributed by atoms with van der Waals surface area (Å²) < 4.78 is 27.1. The van der Waals surface area contributed by atoms with Gasteiger partial charge in [-0.15, -0.1) is 0 Å². The van der Waals surface area contributed by atoms with Gasteiger partial charge in [0, 0.05) is 24.0 Å². The van der Waals surface area contributed by atoms with Crippen molar-refractivity contribution in [1.82, 2.24) is 9.62 Å². The van der Waals surface area contributed by atoms with Gasteiger partial charge in [0.1, 0.15) is 0 Å². The number of hydrogen-bond acceptors (Lipinski definition) is 3. The second kappa shape index (κ2) is 9.94. The number of sulfonamides is 1. The first-order valence-electron chi connectivity index (χ1n) is 11.1. The van der Waals surface area contributed by atoms with E-state index >= 15 is 0 Å². The van der Waals surface area contributed by atoms with Crippen molar-refractivity contribution in [2.75, 3.05) is 13.1 Å². The molecule has 1 saturated heterocycles. The molecule has 1 amide bonds. The third-order valence-electron chi connectivity index (χ3n) is 6.09. The van der Waals surface area contributed by atoms with Crippen LogP contribution in [0, 0.1) is 5.92 Å². The molecule has 1 N–H and O–H groups in total. The number of halogens is 1. The molecule has 2 aromatic carbocycles. The molecule has 32 heavy (non-hydrogen) atoms. The lowest BCUT2D eigenvalue weighted by Gasteiger charge is -2.31. The highest BCUT2D eigenvalue weighted by atomic mass is 35.5. The number of amides is 1. The van der Waals surface area contributed by atoms with E-state index in [0.29, 0.717) is 36.5 Å². The first-order valence-corrected chi connectivity index (χ1v) is 13.1. The molecule has 0 radical (unpaired) electrons. The van der Waals surface area contributed by atoms with Gasteiger partial charge in [0.25, 0.3) is 0 Å². The molecule has 174 valence electrons. The van der Waals surface area contributed by atoms with Gasteiger partial charge in [-0.2, -0.15) is 0 Å². The molecule has 0 aliphatic carbocycles. The zero-order valence-corrected chi connectivity index (χ0v) is 20.8. The lowest BCUT2D eigenvalue weighted by atomic mass is 9.86. The van der Waals surface area contributed by atoms with E-state index < -0.39 is 10.0 Å². The Labute approximate surface area is 197 Å². The number of piperidine rings is 1. The van der Waals surface area contributed by atoms with Gasteiger partial charge in [0.05, 0.1) is 11.8 Å². The summed E-state index contributed by atoms with van der Waals surface area (Å²) in [6.45, 7) is 9.22. The Bertz CT molecular complexity index is 1040. The highest BCUT2D eigenvalue weighted by Crippen LogP contribution is 2.26. The molecular formula is C25H33ClN2O3S. The van der Waals surface area contributed by atoms with Gasteiger partial charge in [-0.05, 0) is 54.0 Å². The Hall–Kier alpha value is -1.89. The van der Waals surface area contributed by atoms with Crippen molar-refractivity contribution in [3.63, 3.8) is 0 Å². The van der Waals surface area contributed by atoms with Crippen LogP contribution < -0.4 is 5.32 Å². The Morgan fingerprint density at radius 2 is 1.75 bits per heavy atom. The highest BCUT2D eigenvalue weighted by molar-refractivity contribution is 7.88. The van der Waals surface area contributed by atoms with E-state index in [1.54, 1.807) is 24.3 Å². The largest absolute Gasteiger partial charge is 0.349 e. The van der Waals surface area contributed by atoms with Gasteiger partial charge < -0.3 is 5.32 Å². The summed E-state index contributed by atoms with van der Waals surface area (Å²) in [7, 11) is -3.44. The topological polar surface area (TPSA) is 66.5 Å². The van der Waals surface area contributed by atoms with Gasteiger partial charge in [-0.25, -0.2) is 12.7 Å². The Morgan fingerprint density at radius 1 is 1.12 bits per heavy atom. The molecule has 0 spiro atoms. The van der Waals surface area contributed by atoms with Crippen molar-refractivity contribution >= 4 is 27.5 Å². The van der Waals surface area contributed by atoms with Crippen LogP contribution in [-0.2, 0) is 26.0 Å².